The van der Waals surface area contributed by atoms with Gasteiger partial charge in [-0.15, -0.1) is 0 Å². The minimum absolute atomic E-state index is 0.111. The number of ether oxygens (including phenoxy) is 1. The number of aryl methyl sites for hydroxylation is 1. The first-order chi connectivity index (χ1) is 10.2. The summed E-state index contributed by atoms with van der Waals surface area (Å²) in [5.41, 5.74) is 2.46. The summed E-state index contributed by atoms with van der Waals surface area (Å²) < 4.78 is 5.31. The summed E-state index contributed by atoms with van der Waals surface area (Å²) >= 11 is 0. The number of methoxy groups -OCH3 is 1. The number of rotatable bonds is 6. The maximum atomic E-state index is 12.1. The highest BCUT2D eigenvalue weighted by Gasteiger charge is 2.14. The highest BCUT2D eigenvalue weighted by atomic mass is 16.5. The maximum Gasteiger partial charge on any atom is 0.220 e. The number of para-hydroxylation sites is 1. The van der Waals surface area contributed by atoms with Crippen molar-refractivity contribution in [3.05, 3.63) is 41.5 Å². The van der Waals surface area contributed by atoms with E-state index in [9.17, 15) is 4.79 Å². The molecule has 0 radical (unpaired) electrons. The average molecular weight is 287 g/mol. The van der Waals surface area contributed by atoms with Crippen LogP contribution in [0.2, 0.25) is 0 Å². The van der Waals surface area contributed by atoms with Gasteiger partial charge in [-0.3, -0.25) is 4.79 Å². The zero-order chi connectivity index (χ0) is 15.1. The standard InChI is InChI=1S/C18H25NO2/c1-14(15-8-4-3-5-9-15)19-18(20)13-12-16-10-6-7-11-17(16)21-2/h6-8,10-11,14H,3-5,9,12-13H2,1-2H3,(H,19,20). The van der Waals surface area contributed by atoms with Crippen LogP contribution in [-0.2, 0) is 11.2 Å². The van der Waals surface area contributed by atoms with E-state index in [1.165, 1.54) is 18.4 Å². The van der Waals surface area contributed by atoms with Crippen LogP contribution in [-0.4, -0.2) is 19.1 Å². The van der Waals surface area contributed by atoms with E-state index in [-0.39, 0.29) is 11.9 Å². The molecule has 21 heavy (non-hydrogen) atoms. The Kier molecular flexibility index (Phi) is 5.85. The Balaban J connectivity index is 1.83. The Morgan fingerprint density at radius 2 is 2.14 bits per heavy atom. The number of benzene rings is 1. The van der Waals surface area contributed by atoms with E-state index in [4.69, 9.17) is 4.74 Å². The van der Waals surface area contributed by atoms with Crippen LogP contribution in [0.5, 0.6) is 5.75 Å². The second kappa shape index (κ2) is 7.87. The number of nitrogens with one attached hydrogen (secondary N) is 1. The molecule has 0 spiro atoms. The normalized spacial score (nSPS) is 16.0. The molecule has 3 heteroatoms. The van der Waals surface area contributed by atoms with Crippen molar-refractivity contribution in [3.8, 4) is 5.75 Å². The lowest BCUT2D eigenvalue weighted by molar-refractivity contribution is -0.121. The molecule has 3 nitrogen and oxygen atoms in total. The van der Waals surface area contributed by atoms with Crippen molar-refractivity contribution >= 4 is 5.91 Å². The summed E-state index contributed by atoms with van der Waals surface area (Å²) in [6.07, 6.45) is 8.28. The smallest absolute Gasteiger partial charge is 0.220 e. The Labute approximate surface area is 127 Å². The first kappa shape index (κ1) is 15.6. The molecule has 1 aliphatic carbocycles. The van der Waals surface area contributed by atoms with Crippen molar-refractivity contribution in [3.63, 3.8) is 0 Å². The van der Waals surface area contributed by atoms with Crippen LogP contribution in [0.25, 0.3) is 0 Å². The third-order valence-corrected chi connectivity index (χ3v) is 4.07. The second-order valence-corrected chi connectivity index (χ2v) is 5.63. The van der Waals surface area contributed by atoms with Gasteiger partial charge < -0.3 is 10.1 Å². The summed E-state index contributed by atoms with van der Waals surface area (Å²) in [4.78, 5) is 12.1. The van der Waals surface area contributed by atoms with Gasteiger partial charge in [0.2, 0.25) is 5.91 Å². The Bertz CT molecular complexity index is 508. The van der Waals surface area contributed by atoms with E-state index in [1.54, 1.807) is 7.11 Å². The van der Waals surface area contributed by atoms with E-state index in [0.717, 1.165) is 24.2 Å². The minimum atomic E-state index is 0.111. The highest BCUT2D eigenvalue weighted by molar-refractivity contribution is 5.77. The molecule has 0 heterocycles. The molecule has 1 aliphatic rings. The van der Waals surface area contributed by atoms with Crippen LogP contribution in [0.4, 0.5) is 0 Å². The molecule has 1 N–H and O–H groups in total. The predicted molar refractivity (Wildman–Crippen MR) is 85.5 cm³/mol. The predicted octanol–water partition coefficient (Wildman–Crippen LogP) is 3.63. The van der Waals surface area contributed by atoms with E-state index >= 15 is 0 Å². The molecule has 0 fully saturated rings. The summed E-state index contributed by atoms with van der Waals surface area (Å²) in [6.45, 7) is 2.08. The van der Waals surface area contributed by atoms with Crippen molar-refractivity contribution < 1.29 is 9.53 Å². The van der Waals surface area contributed by atoms with Gasteiger partial charge in [-0.25, -0.2) is 0 Å². The molecule has 0 saturated heterocycles. The lowest BCUT2D eigenvalue weighted by atomic mass is 9.94. The van der Waals surface area contributed by atoms with Crippen LogP contribution < -0.4 is 10.1 Å². The molecule has 0 saturated carbocycles. The molecular weight excluding hydrogens is 262 g/mol. The van der Waals surface area contributed by atoms with Gasteiger partial charge in [0.15, 0.2) is 0 Å². The van der Waals surface area contributed by atoms with E-state index in [0.29, 0.717) is 12.8 Å². The summed E-state index contributed by atoms with van der Waals surface area (Å²) in [5.74, 6) is 0.966. The monoisotopic (exact) mass is 287 g/mol. The molecule has 0 aromatic heterocycles. The molecule has 1 unspecified atom stereocenters. The van der Waals surface area contributed by atoms with Gasteiger partial charge >= 0.3 is 0 Å². The molecule has 0 aliphatic heterocycles. The van der Waals surface area contributed by atoms with Crippen molar-refractivity contribution in [2.45, 2.75) is 51.5 Å². The zero-order valence-electron chi connectivity index (χ0n) is 13.0. The van der Waals surface area contributed by atoms with Crippen LogP contribution in [0.15, 0.2) is 35.9 Å². The Hall–Kier alpha value is -1.77. The molecule has 1 atom stereocenters. The van der Waals surface area contributed by atoms with Gasteiger partial charge in [0, 0.05) is 12.5 Å². The Morgan fingerprint density at radius 3 is 2.86 bits per heavy atom. The second-order valence-electron chi connectivity index (χ2n) is 5.63. The third kappa shape index (κ3) is 4.62. The van der Waals surface area contributed by atoms with Gasteiger partial charge in [0.25, 0.3) is 0 Å². The molecule has 1 aromatic rings. The molecule has 1 aromatic carbocycles. The van der Waals surface area contributed by atoms with Gasteiger partial charge in [0.1, 0.15) is 5.75 Å². The number of hydrogen-bond donors (Lipinski definition) is 1. The third-order valence-electron chi connectivity index (χ3n) is 4.07. The summed E-state index contributed by atoms with van der Waals surface area (Å²) in [5, 5.41) is 3.11. The zero-order valence-corrected chi connectivity index (χ0v) is 13.0. The highest BCUT2D eigenvalue weighted by Crippen LogP contribution is 2.21. The SMILES string of the molecule is COc1ccccc1CCC(=O)NC(C)C1=CCCCC1. The molecule has 2 rings (SSSR count). The fourth-order valence-electron chi connectivity index (χ4n) is 2.82. The topological polar surface area (TPSA) is 38.3 Å². The van der Waals surface area contributed by atoms with Crippen LogP contribution in [0, 0.1) is 0 Å². The number of amides is 1. The fraction of sp³-hybridized carbons (Fsp3) is 0.500. The number of allylic oxidation sites excluding steroid dienone is 1. The average Bonchev–Trinajstić information content (AvgIpc) is 2.54. The van der Waals surface area contributed by atoms with Gasteiger partial charge in [-0.05, 0) is 50.7 Å². The van der Waals surface area contributed by atoms with Crippen LogP contribution >= 0.6 is 0 Å². The van der Waals surface area contributed by atoms with Crippen molar-refractivity contribution in [1.29, 1.82) is 0 Å². The maximum absolute atomic E-state index is 12.1. The van der Waals surface area contributed by atoms with Crippen LogP contribution in [0.1, 0.15) is 44.6 Å². The number of carbonyl (C=O) groups excluding carboxylic acids is 1. The first-order valence-electron chi connectivity index (χ1n) is 7.81. The lowest BCUT2D eigenvalue weighted by Gasteiger charge is -2.21. The van der Waals surface area contributed by atoms with Crippen molar-refractivity contribution in [2.24, 2.45) is 0 Å². The minimum Gasteiger partial charge on any atom is -0.496 e. The van der Waals surface area contributed by atoms with Crippen molar-refractivity contribution in [2.75, 3.05) is 7.11 Å². The number of carbonyl (C=O) groups is 1. The van der Waals surface area contributed by atoms with Gasteiger partial charge in [0.05, 0.1) is 7.11 Å². The van der Waals surface area contributed by atoms with E-state index in [1.807, 2.05) is 24.3 Å². The Morgan fingerprint density at radius 1 is 1.33 bits per heavy atom. The largest absolute Gasteiger partial charge is 0.496 e. The quantitative estimate of drug-likeness (QED) is 0.811. The van der Waals surface area contributed by atoms with Gasteiger partial charge in [-0.2, -0.15) is 0 Å². The van der Waals surface area contributed by atoms with E-state index < -0.39 is 0 Å². The molecule has 1 amide bonds. The lowest BCUT2D eigenvalue weighted by Crippen LogP contribution is -2.34. The molecule has 114 valence electrons. The van der Waals surface area contributed by atoms with E-state index in [2.05, 4.69) is 18.3 Å². The molecular formula is C18H25NO2. The van der Waals surface area contributed by atoms with Crippen LogP contribution in [0.3, 0.4) is 0 Å². The van der Waals surface area contributed by atoms with Crippen molar-refractivity contribution in [1.82, 2.24) is 5.32 Å². The first-order valence-corrected chi connectivity index (χ1v) is 7.81. The fourth-order valence-corrected chi connectivity index (χ4v) is 2.82. The number of hydrogen-bond acceptors (Lipinski definition) is 2. The van der Waals surface area contributed by atoms with Gasteiger partial charge in [-0.1, -0.05) is 29.8 Å². The summed E-state index contributed by atoms with van der Waals surface area (Å²) in [7, 11) is 1.66. The molecule has 0 bridgehead atoms. The summed E-state index contributed by atoms with van der Waals surface area (Å²) in [6, 6.07) is 8.03.